The van der Waals surface area contributed by atoms with Gasteiger partial charge in [0.05, 0.1) is 13.2 Å². The van der Waals surface area contributed by atoms with Crippen molar-refractivity contribution >= 4 is 16.7 Å². The third-order valence-corrected chi connectivity index (χ3v) is 3.80. The van der Waals surface area contributed by atoms with Crippen LogP contribution in [0.15, 0.2) is 0 Å². The smallest absolute Gasteiger partial charge is 0.246 e. The molecule has 1 aliphatic heterocycles. The highest BCUT2D eigenvalue weighted by molar-refractivity contribution is 7.85. The van der Waals surface area contributed by atoms with Crippen LogP contribution in [0.1, 0.15) is 12.8 Å². The number of carbonyl (C=O) groups excluding carboxylic acids is 1. The van der Waals surface area contributed by atoms with Crippen LogP contribution in [0.25, 0.3) is 0 Å². The van der Waals surface area contributed by atoms with Gasteiger partial charge in [-0.1, -0.05) is 0 Å². The summed E-state index contributed by atoms with van der Waals surface area (Å²) in [5.74, 6) is 1.28. The van der Waals surface area contributed by atoms with Crippen LogP contribution in [0, 0.1) is 0 Å². The molecule has 0 unspecified atom stereocenters. The lowest BCUT2D eigenvalue weighted by molar-refractivity contribution is -0.126. The van der Waals surface area contributed by atoms with Crippen molar-refractivity contribution in [1.29, 1.82) is 0 Å². The number of amides is 1. The number of carbonyl (C=O) groups is 1. The molecule has 0 aromatic rings. The molecule has 0 saturated carbocycles. The summed E-state index contributed by atoms with van der Waals surface area (Å²) in [7, 11) is 0.906. The average molecular weight is 249 g/mol. The van der Waals surface area contributed by atoms with Crippen LogP contribution in [0.2, 0.25) is 0 Å². The van der Waals surface area contributed by atoms with E-state index in [0.717, 1.165) is 12.8 Å². The molecular formula is C10H19NO4S. The molecule has 0 bridgehead atoms. The number of hydrogen-bond acceptors (Lipinski definition) is 4. The Kier molecular flexibility index (Phi) is 6.59. The second-order valence-electron chi connectivity index (χ2n) is 3.74. The van der Waals surface area contributed by atoms with E-state index in [9.17, 15) is 9.00 Å². The van der Waals surface area contributed by atoms with Crippen molar-refractivity contribution in [3.8, 4) is 0 Å². The van der Waals surface area contributed by atoms with Gasteiger partial charge in [0, 0.05) is 35.5 Å². The minimum atomic E-state index is -0.683. The lowest BCUT2D eigenvalue weighted by atomic mass is 10.1. The van der Waals surface area contributed by atoms with E-state index in [0.29, 0.717) is 24.7 Å². The van der Waals surface area contributed by atoms with Gasteiger partial charge in [-0.15, -0.1) is 0 Å². The first-order valence-electron chi connectivity index (χ1n) is 5.43. The van der Waals surface area contributed by atoms with Crippen LogP contribution in [-0.2, 0) is 25.1 Å². The summed E-state index contributed by atoms with van der Waals surface area (Å²) >= 11 is 0. The normalized spacial score (nSPS) is 25.3. The third-order valence-electron chi connectivity index (χ3n) is 2.42. The van der Waals surface area contributed by atoms with Crippen molar-refractivity contribution in [2.75, 3.05) is 38.4 Å². The monoisotopic (exact) mass is 249 g/mol. The Morgan fingerprint density at radius 3 is 2.69 bits per heavy atom. The fourth-order valence-electron chi connectivity index (χ4n) is 1.51. The first-order valence-corrected chi connectivity index (χ1v) is 6.92. The third kappa shape index (κ3) is 5.58. The van der Waals surface area contributed by atoms with E-state index in [1.54, 1.807) is 7.11 Å². The Morgan fingerprint density at radius 1 is 1.38 bits per heavy atom. The molecule has 94 valence electrons. The Balaban J connectivity index is 2.07. The Bertz CT molecular complexity index is 237. The van der Waals surface area contributed by atoms with E-state index in [1.165, 1.54) is 0 Å². The van der Waals surface area contributed by atoms with Gasteiger partial charge in [-0.05, 0) is 12.8 Å². The molecule has 1 fully saturated rings. The number of nitrogens with one attached hydrogen (secondary N) is 1. The molecule has 0 atom stereocenters. The van der Waals surface area contributed by atoms with Gasteiger partial charge in [0.2, 0.25) is 5.91 Å². The molecule has 0 radical (unpaired) electrons. The van der Waals surface area contributed by atoms with Crippen molar-refractivity contribution < 1.29 is 18.5 Å². The quantitative estimate of drug-likeness (QED) is 0.655. The minimum Gasteiger partial charge on any atom is -0.382 e. The fourth-order valence-corrected chi connectivity index (χ4v) is 2.81. The summed E-state index contributed by atoms with van der Waals surface area (Å²) in [4.78, 5) is 11.4. The first kappa shape index (κ1) is 13.6. The van der Waals surface area contributed by atoms with Gasteiger partial charge < -0.3 is 14.8 Å². The maximum atomic E-state index is 11.4. The van der Waals surface area contributed by atoms with Crippen LogP contribution < -0.4 is 5.32 Å². The molecule has 1 aliphatic rings. The lowest BCUT2D eigenvalue weighted by Gasteiger charge is -2.22. The summed E-state index contributed by atoms with van der Waals surface area (Å²) in [6.07, 6.45) is 1.60. The Labute approximate surface area is 98.3 Å². The number of rotatable bonds is 6. The molecule has 0 aromatic carbocycles. The molecule has 1 amide bonds. The topological polar surface area (TPSA) is 64.6 Å². The largest absolute Gasteiger partial charge is 0.382 e. The van der Waals surface area contributed by atoms with E-state index in [-0.39, 0.29) is 18.6 Å². The van der Waals surface area contributed by atoms with E-state index >= 15 is 0 Å². The summed E-state index contributed by atoms with van der Waals surface area (Å²) in [5, 5.41) is 2.88. The number of methoxy groups -OCH3 is 1. The maximum Gasteiger partial charge on any atom is 0.246 e. The average Bonchev–Trinajstić information content (AvgIpc) is 2.28. The van der Waals surface area contributed by atoms with Crippen molar-refractivity contribution in [3.63, 3.8) is 0 Å². The molecule has 1 rings (SSSR count). The Hall–Kier alpha value is -0.460. The van der Waals surface area contributed by atoms with E-state index in [1.807, 2.05) is 0 Å². The van der Waals surface area contributed by atoms with Crippen molar-refractivity contribution in [2.45, 2.75) is 18.9 Å². The summed E-state index contributed by atoms with van der Waals surface area (Å²) < 4.78 is 21.0. The molecule has 0 aromatic heterocycles. The van der Waals surface area contributed by atoms with Gasteiger partial charge in [0.25, 0.3) is 0 Å². The predicted octanol–water partition coefficient (Wildman–Crippen LogP) is -0.323. The van der Waals surface area contributed by atoms with Crippen molar-refractivity contribution in [3.05, 3.63) is 0 Å². The minimum absolute atomic E-state index is 0.0724. The van der Waals surface area contributed by atoms with Crippen LogP contribution in [0.3, 0.4) is 0 Å². The van der Waals surface area contributed by atoms with Gasteiger partial charge in [0.1, 0.15) is 6.61 Å². The molecule has 6 heteroatoms. The molecular weight excluding hydrogens is 230 g/mol. The molecule has 16 heavy (non-hydrogen) atoms. The van der Waals surface area contributed by atoms with Gasteiger partial charge in [0.15, 0.2) is 0 Å². The predicted molar refractivity (Wildman–Crippen MR) is 61.7 cm³/mol. The second-order valence-corrected chi connectivity index (χ2v) is 5.43. The van der Waals surface area contributed by atoms with Crippen molar-refractivity contribution in [2.24, 2.45) is 0 Å². The zero-order chi connectivity index (χ0) is 11.8. The Morgan fingerprint density at radius 2 is 2.06 bits per heavy atom. The van der Waals surface area contributed by atoms with E-state index in [4.69, 9.17) is 9.47 Å². The first-order chi connectivity index (χ1) is 7.72. The summed E-state index contributed by atoms with van der Waals surface area (Å²) in [6, 6.07) is 0.163. The van der Waals surface area contributed by atoms with Gasteiger partial charge >= 0.3 is 0 Å². The van der Waals surface area contributed by atoms with E-state index < -0.39 is 10.8 Å². The zero-order valence-electron chi connectivity index (χ0n) is 9.57. The molecule has 1 saturated heterocycles. The van der Waals surface area contributed by atoms with Crippen LogP contribution in [0.4, 0.5) is 0 Å². The highest BCUT2D eigenvalue weighted by atomic mass is 32.2. The number of hydrogen-bond donors (Lipinski definition) is 1. The molecule has 5 nitrogen and oxygen atoms in total. The van der Waals surface area contributed by atoms with Gasteiger partial charge in [-0.3, -0.25) is 9.00 Å². The summed E-state index contributed by atoms with van der Waals surface area (Å²) in [5.41, 5.74) is 0. The van der Waals surface area contributed by atoms with Gasteiger partial charge in [-0.25, -0.2) is 0 Å². The van der Waals surface area contributed by atoms with Crippen LogP contribution in [0.5, 0.6) is 0 Å². The van der Waals surface area contributed by atoms with Crippen molar-refractivity contribution in [1.82, 2.24) is 5.32 Å². The molecule has 1 N–H and O–H groups in total. The SMILES string of the molecule is COCCOCC(=O)NC1CCS(=O)CC1. The highest BCUT2D eigenvalue weighted by Gasteiger charge is 2.19. The summed E-state index contributed by atoms with van der Waals surface area (Å²) in [6.45, 7) is 0.997. The molecule has 0 aliphatic carbocycles. The maximum absolute atomic E-state index is 11.4. The van der Waals surface area contributed by atoms with E-state index in [2.05, 4.69) is 5.32 Å². The second kappa shape index (κ2) is 7.76. The highest BCUT2D eigenvalue weighted by Crippen LogP contribution is 2.08. The fraction of sp³-hybridized carbons (Fsp3) is 0.900. The number of ether oxygens (including phenoxy) is 2. The van der Waals surface area contributed by atoms with Crippen LogP contribution >= 0.6 is 0 Å². The molecule has 1 heterocycles. The van der Waals surface area contributed by atoms with Crippen LogP contribution in [-0.4, -0.2) is 54.6 Å². The standard InChI is InChI=1S/C10H19NO4S/c1-14-4-5-15-8-10(12)11-9-2-6-16(13)7-3-9/h9H,2-8H2,1H3,(H,11,12). The molecule has 0 spiro atoms. The van der Waals surface area contributed by atoms with Gasteiger partial charge in [-0.2, -0.15) is 0 Å². The lowest BCUT2D eigenvalue weighted by Crippen LogP contribution is -2.41. The zero-order valence-corrected chi connectivity index (χ0v) is 10.4.